The third-order valence-corrected chi connectivity index (χ3v) is 4.49. The first kappa shape index (κ1) is 19.3. The van der Waals surface area contributed by atoms with Crippen molar-refractivity contribution in [2.24, 2.45) is 0 Å². The van der Waals surface area contributed by atoms with E-state index in [0.29, 0.717) is 13.1 Å². The summed E-state index contributed by atoms with van der Waals surface area (Å²) in [5.74, 6) is -0.436. The van der Waals surface area contributed by atoms with Gasteiger partial charge in [-0.3, -0.25) is 19.6 Å². The summed E-state index contributed by atoms with van der Waals surface area (Å²) in [5, 5.41) is 2.39. The first-order valence-electron chi connectivity index (χ1n) is 8.71. The molecule has 2 aromatic rings. The largest absolute Gasteiger partial charge is 0.418 e. The van der Waals surface area contributed by atoms with Gasteiger partial charge in [-0.2, -0.15) is 13.2 Å². The van der Waals surface area contributed by atoms with Gasteiger partial charge in [0, 0.05) is 45.1 Å². The van der Waals surface area contributed by atoms with Gasteiger partial charge in [0.15, 0.2) is 0 Å². The molecule has 0 atom stereocenters. The maximum Gasteiger partial charge on any atom is 0.418 e. The van der Waals surface area contributed by atoms with Crippen molar-refractivity contribution in [1.82, 2.24) is 14.8 Å². The summed E-state index contributed by atoms with van der Waals surface area (Å²) in [6.45, 7) is 3.89. The van der Waals surface area contributed by atoms with Crippen LogP contribution in [0.1, 0.15) is 11.1 Å². The van der Waals surface area contributed by atoms with Crippen LogP contribution < -0.4 is 5.32 Å². The number of hydrogen-bond acceptors (Lipinski definition) is 4. The van der Waals surface area contributed by atoms with Crippen LogP contribution in [0.3, 0.4) is 0 Å². The predicted octanol–water partition coefficient (Wildman–Crippen LogP) is 2.86. The molecule has 1 aromatic heterocycles. The number of rotatable bonds is 5. The smallest absolute Gasteiger partial charge is 0.324 e. The summed E-state index contributed by atoms with van der Waals surface area (Å²) in [4.78, 5) is 20.4. The average Bonchev–Trinajstić information content (AvgIpc) is 2.64. The van der Waals surface area contributed by atoms with Crippen LogP contribution in [-0.4, -0.2) is 53.4 Å². The molecule has 1 aliphatic heterocycles. The summed E-state index contributed by atoms with van der Waals surface area (Å²) in [7, 11) is 0. The maximum atomic E-state index is 13.0. The van der Waals surface area contributed by atoms with Crippen LogP contribution in [0.15, 0.2) is 48.8 Å². The van der Waals surface area contributed by atoms with E-state index in [0.717, 1.165) is 25.7 Å². The summed E-state index contributed by atoms with van der Waals surface area (Å²) >= 11 is 0. The van der Waals surface area contributed by atoms with E-state index in [1.54, 1.807) is 12.4 Å². The molecular weight excluding hydrogens is 357 g/mol. The second-order valence-electron chi connectivity index (χ2n) is 6.50. The SMILES string of the molecule is O=C(CN1CCN(Cc2ccncc2)CC1)Nc1ccccc1C(F)(F)F. The summed E-state index contributed by atoms with van der Waals surface area (Å²) in [5.41, 5.74) is 0.145. The highest BCUT2D eigenvalue weighted by molar-refractivity contribution is 5.93. The van der Waals surface area contributed by atoms with Crippen LogP contribution in [-0.2, 0) is 17.5 Å². The third kappa shape index (κ3) is 5.51. The fourth-order valence-electron chi connectivity index (χ4n) is 3.08. The molecule has 0 spiro atoms. The lowest BCUT2D eigenvalue weighted by Gasteiger charge is -2.34. The molecule has 1 aromatic carbocycles. The highest BCUT2D eigenvalue weighted by Gasteiger charge is 2.33. The number of amides is 1. The van der Waals surface area contributed by atoms with E-state index in [9.17, 15) is 18.0 Å². The number of benzene rings is 1. The van der Waals surface area contributed by atoms with Gasteiger partial charge in [-0.15, -0.1) is 0 Å². The highest BCUT2D eigenvalue weighted by Crippen LogP contribution is 2.34. The van der Waals surface area contributed by atoms with E-state index in [1.807, 2.05) is 17.0 Å². The summed E-state index contributed by atoms with van der Waals surface area (Å²) < 4.78 is 39.0. The van der Waals surface area contributed by atoms with Gasteiger partial charge in [0.2, 0.25) is 5.91 Å². The molecule has 8 heteroatoms. The van der Waals surface area contributed by atoms with Gasteiger partial charge in [0.25, 0.3) is 0 Å². The number of piperazine rings is 1. The third-order valence-electron chi connectivity index (χ3n) is 4.49. The van der Waals surface area contributed by atoms with Gasteiger partial charge in [-0.05, 0) is 29.8 Å². The minimum Gasteiger partial charge on any atom is -0.324 e. The van der Waals surface area contributed by atoms with Gasteiger partial charge in [-0.25, -0.2) is 0 Å². The molecule has 1 aliphatic rings. The number of alkyl halides is 3. The Morgan fingerprint density at radius 3 is 2.30 bits per heavy atom. The van der Waals surface area contributed by atoms with Crippen molar-refractivity contribution in [3.8, 4) is 0 Å². The molecule has 1 fully saturated rings. The molecule has 1 saturated heterocycles. The first-order chi connectivity index (χ1) is 12.9. The number of anilines is 1. The molecule has 144 valence electrons. The van der Waals surface area contributed by atoms with Crippen LogP contribution in [0.5, 0.6) is 0 Å². The number of halogens is 3. The lowest BCUT2D eigenvalue weighted by molar-refractivity contribution is -0.137. The van der Waals surface area contributed by atoms with Gasteiger partial charge in [-0.1, -0.05) is 12.1 Å². The van der Waals surface area contributed by atoms with E-state index in [4.69, 9.17) is 0 Å². The Morgan fingerprint density at radius 2 is 1.63 bits per heavy atom. The Balaban J connectivity index is 1.49. The number of nitrogens with zero attached hydrogens (tertiary/aromatic N) is 3. The van der Waals surface area contributed by atoms with Gasteiger partial charge in [0.05, 0.1) is 17.8 Å². The van der Waals surface area contributed by atoms with Crippen molar-refractivity contribution in [3.05, 3.63) is 59.9 Å². The minimum atomic E-state index is -4.50. The monoisotopic (exact) mass is 378 g/mol. The molecule has 1 N–H and O–H groups in total. The second kappa shape index (κ2) is 8.49. The molecule has 27 heavy (non-hydrogen) atoms. The van der Waals surface area contributed by atoms with Crippen molar-refractivity contribution in [2.45, 2.75) is 12.7 Å². The number of para-hydroxylation sites is 1. The van der Waals surface area contributed by atoms with E-state index in [2.05, 4.69) is 15.2 Å². The lowest BCUT2D eigenvalue weighted by Crippen LogP contribution is -2.48. The molecule has 3 rings (SSSR count). The summed E-state index contributed by atoms with van der Waals surface area (Å²) in [6.07, 6.45) is -0.980. The van der Waals surface area contributed by atoms with Crippen LogP contribution >= 0.6 is 0 Å². The number of hydrogen-bond donors (Lipinski definition) is 1. The van der Waals surface area contributed by atoms with Crippen molar-refractivity contribution in [2.75, 3.05) is 38.0 Å². The number of carbonyl (C=O) groups is 1. The molecule has 5 nitrogen and oxygen atoms in total. The molecule has 2 heterocycles. The van der Waals surface area contributed by atoms with Crippen molar-refractivity contribution >= 4 is 11.6 Å². The normalized spacial score (nSPS) is 16.3. The van der Waals surface area contributed by atoms with Crippen LogP contribution in [0.25, 0.3) is 0 Å². The van der Waals surface area contributed by atoms with Crippen molar-refractivity contribution in [3.63, 3.8) is 0 Å². The van der Waals surface area contributed by atoms with Gasteiger partial charge >= 0.3 is 6.18 Å². The lowest BCUT2D eigenvalue weighted by atomic mass is 10.1. The van der Waals surface area contributed by atoms with E-state index in [-0.39, 0.29) is 12.2 Å². The van der Waals surface area contributed by atoms with Gasteiger partial charge < -0.3 is 5.32 Å². The Hall–Kier alpha value is -2.45. The Bertz CT molecular complexity index is 759. The first-order valence-corrected chi connectivity index (χ1v) is 8.71. The van der Waals surface area contributed by atoms with Crippen LogP contribution in [0.4, 0.5) is 18.9 Å². The molecular formula is C19H21F3N4O. The summed E-state index contributed by atoms with van der Waals surface area (Å²) in [6, 6.07) is 8.96. The van der Waals surface area contributed by atoms with E-state index < -0.39 is 17.6 Å². The van der Waals surface area contributed by atoms with Crippen LogP contribution in [0.2, 0.25) is 0 Å². The number of pyridine rings is 1. The molecule has 0 radical (unpaired) electrons. The predicted molar refractivity (Wildman–Crippen MR) is 96.0 cm³/mol. The van der Waals surface area contributed by atoms with Crippen molar-refractivity contribution < 1.29 is 18.0 Å². The molecule has 0 unspecified atom stereocenters. The van der Waals surface area contributed by atoms with E-state index >= 15 is 0 Å². The van der Waals surface area contributed by atoms with Crippen LogP contribution in [0, 0.1) is 0 Å². The molecule has 0 bridgehead atoms. The zero-order valence-electron chi connectivity index (χ0n) is 14.7. The zero-order valence-corrected chi connectivity index (χ0v) is 14.7. The maximum absolute atomic E-state index is 13.0. The Labute approximate surface area is 155 Å². The van der Waals surface area contributed by atoms with Crippen molar-refractivity contribution in [1.29, 1.82) is 0 Å². The molecule has 0 saturated carbocycles. The quantitative estimate of drug-likeness (QED) is 0.869. The standard InChI is InChI=1S/C19H21F3N4O/c20-19(21,22)16-3-1-2-4-17(16)24-18(27)14-26-11-9-25(10-12-26)13-15-5-7-23-8-6-15/h1-8H,9-14H2,(H,24,27). The van der Waals surface area contributed by atoms with E-state index in [1.165, 1.54) is 23.8 Å². The number of nitrogens with one attached hydrogen (secondary N) is 1. The fraction of sp³-hybridized carbons (Fsp3) is 0.368. The highest BCUT2D eigenvalue weighted by atomic mass is 19.4. The fourth-order valence-corrected chi connectivity index (χ4v) is 3.08. The minimum absolute atomic E-state index is 0.0787. The average molecular weight is 378 g/mol. The topological polar surface area (TPSA) is 48.5 Å². The molecule has 1 amide bonds. The van der Waals surface area contributed by atoms with Gasteiger partial charge in [0.1, 0.15) is 0 Å². The Morgan fingerprint density at radius 1 is 1.00 bits per heavy atom. The number of aromatic nitrogens is 1. The zero-order chi connectivity index (χ0) is 19.3. The molecule has 0 aliphatic carbocycles. The second-order valence-corrected chi connectivity index (χ2v) is 6.50. The number of carbonyl (C=O) groups excluding carboxylic acids is 1. The Kier molecular flexibility index (Phi) is 6.08.